The van der Waals surface area contributed by atoms with Crippen LogP contribution in [0, 0.1) is 0 Å². The average molecular weight is 315 g/mol. The zero-order chi connectivity index (χ0) is 15.3. The van der Waals surface area contributed by atoms with Crippen LogP contribution in [0.2, 0.25) is 0 Å². The number of hydrogen-bond acceptors (Lipinski definition) is 5. The molecule has 0 N–H and O–H groups in total. The summed E-state index contributed by atoms with van der Waals surface area (Å²) in [5, 5.41) is 3.98. The number of rotatable bonds is 6. The molecular formula is C12H21N5O3S. The van der Waals surface area contributed by atoms with Crippen LogP contribution in [-0.2, 0) is 21.4 Å². The summed E-state index contributed by atoms with van der Waals surface area (Å²) in [5.41, 5.74) is 0. The largest absolute Gasteiger partial charge is 0.340 e. The van der Waals surface area contributed by atoms with Gasteiger partial charge in [0, 0.05) is 39.1 Å². The first kappa shape index (κ1) is 15.9. The average Bonchev–Trinajstić information content (AvgIpc) is 3.00. The molecule has 1 amide bonds. The van der Waals surface area contributed by atoms with Crippen LogP contribution in [0.5, 0.6) is 0 Å². The van der Waals surface area contributed by atoms with Crippen LogP contribution < -0.4 is 0 Å². The van der Waals surface area contributed by atoms with Crippen molar-refractivity contribution in [2.45, 2.75) is 26.3 Å². The highest BCUT2D eigenvalue weighted by molar-refractivity contribution is 7.89. The summed E-state index contributed by atoms with van der Waals surface area (Å²) in [4.78, 5) is 17.6. The Morgan fingerprint density at radius 3 is 2.52 bits per heavy atom. The number of aryl methyl sites for hydroxylation is 1. The van der Waals surface area contributed by atoms with Gasteiger partial charge in [-0.2, -0.15) is 9.40 Å². The summed E-state index contributed by atoms with van der Waals surface area (Å²) < 4.78 is 26.6. The van der Waals surface area contributed by atoms with Crippen LogP contribution in [0.1, 0.15) is 19.8 Å². The van der Waals surface area contributed by atoms with Crippen molar-refractivity contribution in [3.05, 3.63) is 12.7 Å². The third kappa shape index (κ3) is 4.24. The van der Waals surface area contributed by atoms with E-state index in [1.807, 2.05) is 0 Å². The summed E-state index contributed by atoms with van der Waals surface area (Å²) in [7, 11) is -3.14. The quantitative estimate of drug-likeness (QED) is 0.709. The number of hydrogen-bond donors (Lipinski definition) is 0. The van der Waals surface area contributed by atoms with Crippen molar-refractivity contribution in [1.82, 2.24) is 24.0 Å². The summed E-state index contributed by atoms with van der Waals surface area (Å²) in [6.45, 7) is 4.03. The predicted molar refractivity (Wildman–Crippen MR) is 76.9 cm³/mol. The van der Waals surface area contributed by atoms with Gasteiger partial charge in [-0.1, -0.05) is 0 Å². The van der Waals surface area contributed by atoms with E-state index in [2.05, 4.69) is 10.1 Å². The van der Waals surface area contributed by atoms with Crippen molar-refractivity contribution >= 4 is 15.9 Å². The third-order valence-corrected chi connectivity index (χ3v) is 5.48. The van der Waals surface area contributed by atoms with Crippen molar-refractivity contribution in [3.8, 4) is 0 Å². The molecule has 21 heavy (non-hydrogen) atoms. The normalized spacial score (nSPS) is 17.1. The second-order valence-electron chi connectivity index (χ2n) is 4.94. The molecule has 0 spiro atoms. The van der Waals surface area contributed by atoms with E-state index in [4.69, 9.17) is 0 Å². The van der Waals surface area contributed by atoms with E-state index < -0.39 is 10.0 Å². The molecule has 0 radical (unpaired) electrons. The van der Waals surface area contributed by atoms with Gasteiger partial charge >= 0.3 is 0 Å². The van der Waals surface area contributed by atoms with Gasteiger partial charge in [0.05, 0.1) is 5.75 Å². The van der Waals surface area contributed by atoms with Gasteiger partial charge in [0.1, 0.15) is 12.7 Å². The fourth-order valence-corrected chi connectivity index (χ4v) is 3.38. The monoisotopic (exact) mass is 315 g/mol. The topological polar surface area (TPSA) is 88.4 Å². The lowest BCUT2D eigenvalue weighted by Crippen LogP contribution is -2.50. The SMILES string of the molecule is CCS(=O)(=O)N1CCN(C(=O)CCCn2cncn2)CC1. The maximum atomic E-state index is 12.1. The highest BCUT2D eigenvalue weighted by Gasteiger charge is 2.27. The fraction of sp³-hybridized carbons (Fsp3) is 0.750. The summed E-state index contributed by atoms with van der Waals surface area (Å²) in [5.74, 6) is 0.183. The minimum absolute atomic E-state index is 0.0728. The second kappa shape index (κ2) is 6.99. The van der Waals surface area contributed by atoms with Gasteiger partial charge < -0.3 is 4.90 Å². The Morgan fingerprint density at radius 1 is 1.24 bits per heavy atom. The lowest BCUT2D eigenvalue weighted by atomic mass is 10.2. The summed E-state index contributed by atoms with van der Waals surface area (Å²) in [6, 6.07) is 0. The van der Waals surface area contributed by atoms with Gasteiger partial charge in [-0.25, -0.2) is 13.4 Å². The van der Waals surface area contributed by atoms with Gasteiger partial charge in [0.25, 0.3) is 0 Å². The smallest absolute Gasteiger partial charge is 0.222 e. The molecule has 0 unspecified atom stereocenters. The van der Waals surface area contributed by atoms with E-state index in [9.17, 15) is 13.2 Å². The molecule has 2 rings (SSSR count). The van der Waals surface area contributed by atoms with Crippen molar-refractivity contribution < 1.29 is 13.2 Å². The highest BCUT2D eigenvalue weighted by atomic mass is 32.2. The molecular weight excluding hydrogens is 294 g/mol. The lowest BCUT2D eigenvalue weighted by Gasteiger charge is -2.33. The molecule has 0 atom stereocenters. The number of piperazine rings is 1. The molecule has 1 aliphatic heterocycles. The fourth-order valence-electron chi connectivity index (χ4n) is 2.30. The van der Waals surface area contributed by atoms with Crippen LogP contribution in [-0.4, -0.2) is 70.2 Å². The predicted octanol–water partition coefficient (Wildman–Crippen LogP) is -0.448. The molecule has 8 nitrogen and oxygen atoms in total. The number of aromatic nitrogens is 3. The first-order valence-electron chi connectivity index (χ1n) is 7.11. The maximum absolute atomic E-state index is 12.1. The van der Waals surface area contributed by atoms with E-state index in [1.54, 1.807) is 22.8 Å². The molecule has 2 heterocycles. The number of carbonyl (C=O) groups excluding carboxylic acids is 1. The molecule has 1 aromatic rings. The van der Waals surface area contributed by atoms with E-state index in [0.29, 0.717) is 45.6 Å². The standard InChI is InChI=1S/C12H21N5O3S/c1-2-21(19,20)17-8-6-15(7-9-17)12(18)4-3-5-16-11-13-10-14-16/h10-11H,2-9H2,1H3. The van der Waals surface area contributed by atoms with E-state index in [0.717, 1.165) is 0 Å². The van der Waals surface area contributed by atoms with Crippen LogP contribution >= 0.6 is 0 Å². The Morgan fingerprint density at radius 2 is 1.95 bits per heavy atom. The van der Waals surface area contributed by atoms with Crippen LogP contribution in [0.15, 0.2) is 12.7 Å². The number of nitrogens with zero attached hydrogens (tertiary/aromatic N) is 5. The van der Waals surface area contributed by atoms with Crippen molar-refractivity contribution in [3.63, 3.8) is 0 Å². The van der Waals surface area contributed by atoms with Gasteiger partial charge in [-0.05, 0) is 13.3 Å². The van der Waals surface area contributed by atoms with E-state index >= 15 is 0 Å². The molecule has 0 bridgehead atoms. The Bertz CT molecular complexity index is 549. The van der Waals surface area contributed by atoms with E-state index in [1.165, 1.54) is 10.6 Å². The Hall–Kier alpha value is -1.48. The van der Waals surface area contributed by atoms with Gasteiger partial charge in [0.2, 0.25) is 15.9 Å². The second-order valence-corrected chi connectivity index (χ2v) is 7.20. The minimum atomic E-state index is -3.14. The molecule has 1 aliphatic rings. The molecule has 118 valence electrons. The Kier molecular flexibility index (Phi) is 5.29. The molecule has 0 saturated carbocycles. The maximum Gasteiger partial charge on any atom is 0.222 e. The molecule has 1 fully saturated rings. The summed E-state index contributed by atoms with van der Waals surface area (Å²) in [6.07, 6.45) is 4.24. The zero-order valence-corrected chi connectivity index (χ0v) is 13.0. The number of carbonyl (C=O) groups is 1. The van der Waals surface area contributed by atoms with Crippen molar-refractivity contribution in [2.75, 3.05) is 31.9 Å². The molecule has 0 aromatic carbocycles. The van der Waals surface area contributed by atoms with Crippen LogP contribution in [0.4, 0.5) is 0 Å². The van der Waals surface area contributed by atoms with E-state index in [-0.39, 0.29) is 11.7 Å². The summed E-state index contributed by atoms with van der Waals surface area (Å²) >= 11 is 0. The Balaban J connectivity index is 1.73. The van der Waals surface area contributed by atoms with Crippen LogP contribution in [0.3, 0.4) is 0 Å². The Labute approximate surface area is 124 Å². The lowest BCUT2D eigenvalue weighted by molar-refractivity contribution is -0.132. The highest BCUT2D eigenvalue weighted by Crippen LogP contribution is 2.10. The third-order valence-electron chi connectivity index (χ3n) is 3.59. The molecule has 9 heteroatoms. The van der Waals surface area contributed by atoms with Crippen molar-refractivity contribution in [2.24, 2.45) is 0 Å². The number of sulfonamides is 1. The number of amides is 1. The zero-order valence-electron chi connectivity index (χ0n) is 12.2. The van der Waals surface area contributed by atoms with Crippen LogP contribution in [0.25, 0.3) is 0 Å². The van der Waals surface area contributed by atoms with Gasteiger partial charge in [-0.3, -0.25) is 9.48 Å². The first-order chi connectivity index (χ1) is 10.0. The van der Waals surface area contributed by atoms with Gasteiger partial charge in [0.15, 0.2) is 0 Å². The minimum Gasteiger partial charge on any atom is -0.340 e. The molecule has 0 aliphatic carbocycles. The first-order valence-corrected chi connectivity index (χ1v) is 8.72. The van der Waals surface area contributed by atoms with Gasteiger partial charge in [-0.15, -0.1) is 0 Å². The molecule has 1 aromatic heterocycles. The van der Waals surface area contributed by atoms with Crippen molar-refractivity contribution in [1.29, 1.82) is 0 Å². The molecule has 1 saturated heterocycles.